The normalized spacial score (nSPS) is 13.4. The average molecular weight is 293 g/mol. The number of hydrogen-bond donors (Lipinski definition) is 2. The largest absolute Gasteiger partial charge is 0.340 e. The van der Waals surface area contributed by atoms with Crippen molar-refractivity contribution in [1.29, 1.82) is 0 Å². The van der Waals surface area contributed by atoms with Crippen LogP contribution in [0.5, 0.6) is 0 Å². The molecule has 4 nitrogen and oxygen atoms in total. The van der Waals surface area contributed by atoms with Gasteiger partial charge >= 0.3 is 0 Å². The van der Waals surface area contributed by atoms with Crippen molar-refractivity contribution in [2.24, 2.45) is 0 Å². The van der Waals surface area contributed by atoms with Crippen molar-refractivity contribution >= 4 is 34.9 Å². The van der Waals surface area contributed by atoms with Crippen LogP contribution in [0.4, 0.5) is 11.5 Å². The quantitative estimate of drug-likeness (QED) is 0.672. The van der Waals surface area contributed by atoms with Crippen LogP contribution in [0.2, 0.25) is 5.02 Å². The van der Waals surface area contributed by atoms with E-state index in [1.165, 1.54) is 0 Å². The number of thioether (sulfide) groups is 1. The average Bonchev–Trinajstić information content (AvgIpc) is 2.87. The predicted octanol–water partition coefficient (Wildman–Crippen LogP) is 3.20. The lowest BCUT2D eigenvalue weighted by Gasteiger charge is -2.11. The molecule has 0 fully saturated rings. The van der Waals surface area contributed by atoms with Crippen molar-refractivity contribution < 1.29 is 0 Å². The highest BCUT2D eigenvalue weighted by atomic mass is 35.5. The molecule has 0 spiro atoms. The van der Waals surface area contributed by atoms with Crippen molar-refractivity contribution in [2.75, 3.05) is 11.6 Å². The first kappa shape index (κ1) is 12.7. The molecule has 1 aromatic heterocycles. The molecule has 2 N–H and O–H groups in total. The maximum absolute atomic E-state index is 6.00. The molecule has 98 valence electrons. The van der Waals surface area contributed by atoms with Gasteiger partial charge in [0, 0.05) is 29.4 Å². The standard InChI is InChI=1S/C13H13ClN4S/c1-19-13-17-11-7-15-6-10(11)12(18-13)16-9-4-2-3-8(14)5-9/h2-5,15H,6-7H2,1H3,(H,16,17,18). The van der Waals surface area contributed by atoms with Gasteiger partial charge < -0.3 is 10.6 Å². The molecule has 0 bridgehead atoms. The smallest absolute Gasteiger partial charge is 0.189 e. The van der Waals surface area contributed by atoms with Gasteiger partial charge in [-0.2, -0.15) is 0 Å². The molecule has 2 heterocycles. The summed E-state index contributed by atoms with van der Waals surface area (Å²) in [5, 5.41) is 8.12. The molecule has 0 radical (unpaired) electrons. The van der Waals surface area contributed by atoms with Crippen LogP contribution in [-0.4, -0.2) is 16.2 Å². The molecule has 1 aliphatic heterocycles. The Balaban J connectivity index is 1.98. The Bertz CT molecular complexity index is 618. The number of hydrogen-bond acceptors (Lipinski definition) is 5. The second-order valence-corrected chi connectivity index (χ2v) is 5.43. The van der Waals surface area contributed by atoms with E-state index >= 15 is 0 Å². The molecular formula is C13H13ClN4S. The first-order valence-electron chi connectivity index (χ1n) is 5.93. The van der Waals surface area contributed by atoms with E-state index < -0.39 is 0 Å². The fraction of sp³-hybridized carbons (Fsp3) is 0.231. The summed E-state index contributed by atoms with van der Waals surface area (Å²) in [5.41, 5.74) is 3.15. The maximum Gasteiger partial charge on any atom is 0.189 e. The lowest BCUT2D eigenvalue weighted by molar-refractivity contribution is 0.754. The van der Waals surface area contributed by atoms with Gasteiger partial charge in [-0.3, -0.25) is 0 Å². The van der Waals surface area contributed by atoms with Crippen LogP contribution in [0.15, 0.2) is 29.4 Å². The molecule has 1 aliphatic rings. The van der Waals surface area contributed by atoms with Gasteiger partial charge in [0.1, 0.15) is 5.82 Å². The molecule has 0 aliphatic carbocycles. The summed E-state index contributed by atoms with van der Waals surface area (Å²) in [5.74, 6) is 0.863. The van der Waals surface area contributed by atoms with Crippen LogP contribution in [0.1, 0.15) is 11.3 Å². The zero-order chi connectivity index (χ0) is 13.2. The summed E-state index contributed by atoms with van der Waals surface area (Å²) in [4.78, 5) is 9.06. The van der Waals surface area contributed by atoms with Crippen LogP contribution < -0.4 is 10.6 Å². The number of aromatic nitrogens is 2. The third-order valence-corrected chi connectivity index (χ3v) is 3.72. The Morgan fingerprint density at radius 3 is 3.00 bits per heavy atom. The zero-order valence-electron chi connectivity index (χ0n) is 10.4. The Morgan fingerprint density at radius 1 is 1.32 bits per heavy atom. The van der Waals surface area contributed by atoms with Crippen LogP contribution >= 0.6 is 23.4 Å². The van der Waals surface area contributed by atoms with E-state index in [0.29, 0.717) is 5.02 Å². The topological polar surface area (TPSA) is 49.8 Å². The van der Waals surface area contributed by atoms with E-state index in [0.717, 1.165) is 41.0 Å². The summed E-state index contributed by atoms with van der Waals surface area (Å²) in [7, 11) is 0. The summed E-state index contributed by atoms with van der Waals surface area (Å²) in [6.45, 7) is 1.60. The second-order valence-electron chi connectivity index (χ2n) is 4.22. The van der Waals surface area contributed by atoms with E-state index in [-0.39, 0.29) is 0 Å². The summed E-state index contributed by atoms with van der Waals surface area (Å²) in [6.07, 6.45) is 1.98. The van der Waals surface area contributed by atoms with Gasteiger partial charge in [0.05, 0.1) is 5.69 Å². The highest BCUT2D eigenvalue weighted by Crippen LogP contribution is 2.27. The molecule has 0 unspecified atom stereocenters. The fourth-order valence-electron chi connectivity index (χ4n) is 2.04. The SMILES string of the molecule is CSc1nc2c(c(Nc3cccc(Cl)c3)n1)CNC2. The first-order chi connectivity index (χ1) is 9.26. The number of benzene rings is 1. The molecule has 0 atom stereocenters. The summed E-state index contributed by atoms with van der Waals surface area (Å²) >= 11 is 7.54. The highest BCUT2D eigenvalue weighted by molar-refractivity contribution is 7.98. The number of nitrogens with one attached hydrogen (secondary N) is 2. The van der Waals surface area contributed by atoms with Gasteiger partial charge in [0.2, 0.25) is 0 Å². The lowest BCUT2D eigenvalue weighted by Crippen LogP contribution is -2.03. The van der Waals surface area contributed by atoms with Crippen molar-refractivity contribution in [3.8, 4) is 0 Å². The van der Waals surface area contributed by atoms with Gasteiger partial charge in [-0.1, -0.05) is 29.4 Å². The second kappa shape index (κ2) is 5.36. The Hall–Kier alpha value is -1.30. The number of rotatable bonds is 3. The van der Waals surface area contributed by atoms with E-state index in [1.54, 1.807) is 11.8 Å². The van der Waals surface area contributed by atoms with Gasteiger partial charge in [-0.05, 0) is 24.5 Å². The van der Waals surface area contributed by atoms with E-state index in [4.69, 9.17) is 11.6 Å². The minimum absolute atomic E-state index is 0.707. The van der Waals surface area contributed by atoms with Crippen molar-refractivity contribution in [1.82, 2.24) is 15.3 Å². The molecule has 0 saturated heterocycles. The molecule has 6 heteroatoms. The van der Waals surface area contributed by atoms with Crippen molar-refractivity contribution in [3.63, 3.8) is 0 Å². The molecule has 2 aromatic rings. The minimum Gasteiger partial charge on any atom is -0.340 e. The van der Waals surface area contributed by atoms with Gasteiger partial charge in [-0.15, -0.1) is 0 Å². The number of anilines is 2. The molecule has 19 heavy (non-hydrogen) atoms. The molecule has 3 rings (SSSR count). The van der Waals surface area contributed by atoms with E-state index in [2.05, 4.69) is 20.6 Å². The Morgan fingerprint density at radius 2 is 2.21 bits per heavy atom. The van der Waals surface area contributed by atoms with E-state index in [1.807, 2.05) is 30.5 Å². The highest BCUT2D eigenvalue weighted by Gasteiger charge is 2.18. The first-order valence-corrected chi connectivity index (χ1v) is 7.53. The number of fused-ring (bicyclic) bond motifs is 1. The van der Waals surface area contributed by atoms with Crippen LogP contribution in [0.3, 0.4) is 0 Å². The van der Waals surface area contributed by atoms with Crippen LogP contribution in [-0.2, 0) is 13.1 Å². The van der Waals surface area contributed by atoms with Gasteiger partial charge in [-0.25, -0.2) is 9.97 Å². The predicted molar refractivity (Wildman–Crippen MR) is 79.1 cm³/mol. The lowest BCUT2D eigenvalue weighted by atomic mass is 10.2. The fourth-order valence-corrected chi connectivity index (χ4v) is 2.62. The third kappa shape index (κ3) is 2.68. The van der Waals surface area contributed by atoms with Crippen LogP contribution in [0, 0.1) is 0 Å². The third-order valence-electron chi connectivity index (χ3n) is 2.94. The summed E-state index contributed by atoms with van der Waals surface area (Å²) < 4.78 is 0. The molecular weight excluding hydrogens is 280 g/mol. The maximum atomic E-state index is 6.00. The molecule has 0 saturated carbocycles. The minimum atomic E-state index is 0.707. The van der Waals surface area contributed by atoms with Crippen molar-refractivity contribution in [2.45, 2.75) is 18.2 Å². The summed E-state index contributed by atoms with van der Waals surface area (Å²) in [6, 6.07) is 7.63. The Labute approximate surface area is 121 Å². The number of halogens is 1. The molecule has 1 aromatic carbocycles. The molecule has 0 amide bonds. The van der Waals surface area contributed by atoms with Crippen LogP contribution in [0.25, 0.3) is 0 Å². The van der Waals surface area contributed by atoms with Gasteiger partial charge in [0.15, 0.2) is 5.16 Å². The Kier molecular flexibility index (Phi) is 3.59. The van der Waals surface area contributed by atoms with E-state index in [9.17, 15) is 0 Å². The monoisotopic (exact) mass is 292 g/mol. The van der Waals surface area contributed by atoms with Crippen molar-refractivity contribution in [3.05, 3.63) is 40.5 Å². The number of nitrogens with zero attached hydrogens (tertiary/aromatic N) is 2. The van der Waals surface area contributed by atoms with Gasteiger partial charge in [0.25, 0.3) is 0 Å². The zero-order valence-corrected chi connectivity index (χ0v) is 12.0.